The zero-order chi connectivity index (χ0) is 18.0. The molecule has 0 atom stereocenters. The van der Waals surface area contributed by atoms with Gasteiger partial charge in [0.1, 0.15) is 0 Å². The lowest BCUT2D eigenvalue weighted by molar-refractivity contribution is -0.241. The lowest BCUT2D eigenvalue weighted by Gasteiger charge is -2.28. The molecular weight excluding hydrogens is 339 g/mol. The first-order valence-corrected chi connectivity index (χ1v) is 7.77. The number of halogens is 3. The SMILES string of the molecule is Cc1ccc(-c2nnc(C3CCN(OC(=O)C(F)(F)F)CC3)o2)cc1. The van der Waals surface area contributed by atoms with Crippen molar-refractivity contribution in [2.45, 2.75) is 31.9 Å². The molecule has 6 nitrogen and oxygen atoms in total. The summed E-state index contributed by atoms with van der Waals surface area (Å²) < 4.78 is 42.3. The number of aryl methyl sites for hydroxylation is 1. The van der Waals surface area contributed by atoms with Gasteiger partial charge in [-0.05, 0) is 31.9 Å². The molecule has 1 fully saturated rings. The Kier molecular flexibility index (Phi) is 4.76. The van der Waals surface area contributed by atoms with Crippen molar-refractivity contribution in [2.24, 2.45) is 0 Å². The molecule has 1 aromatic carbocycles. The van der Waals surface area contributed by atoms with Gasteiger partial charge in [-0.25, -0.2) is 4.79 Å². The summed E-state index contributed by atoms with van der Waals surface area (Å²) in [6.07, 6.45) is -4.08. The number of carbonyl (C=O) groups is 1. The van der Waals surface area contributed by atoms with Crippen LogP contribution in [0.25, 0.3) is 11.5 Å². The second-order valence-electron chi connectivity index (χ2n) is 5.89. The summed E-state index contributed by atoms with van der Waals surface area (Å²) in [5, 5.41) is 9.09. The van der Waals surface area contributed by atoms with E-state index in [1.165, 1.54) is 0 Å². The fourth-order valence-electron chi connectivity index (χ4n) is 2.58. The Morgan fingerprint density at radius 3 is 2.44 bits per heavy atom. The van der Waals surface area contributed by atoms with Crippen molar-refractivity contribution in [1.82, 2.24) is 15.3 Å². The summed E-state index contributed by atoms with van der Waals surface area (Å²) in [6.45, 7) is 2.33. The van der Waals surface area contributed by atoms with Crippen molar-refractivity contribution in [3.8, 4) is 11.5 Å². The van der Waals surface area contributed by atoms with Gasteiger partial charge in [0, 0.05) is 24.6 Å². The zero-order valence-corrected chi connectivity index (χ0v) is 13.4. The van der Waals surface area contributed by atoms with Gasteiger partial charge in [0.05, 0.1) is 0 Å². The van der Waals surface area contributed by atoms with Crippen molar-refractivity contribution in [3.63, 3.8) is 0 Å². The second kappa shape index (κ2) is 6.83. The van der Waals surface area contributed by atoms with E-state index >= 15 is 0 Å². The quantitative estimate of drug-likeness (QED) is 0.842. The van der Waals surface area contributed by atoms with E-state index in [4.69, 9.17) is 4.42 Å². The van der Waals surface area contributed by atoms with Gasteiger partial charge in [-0.15, -0.1) is 15.3 Å². The fraction of sp³-hybridized carbons (Fsp3) is 0.438. The second-order valence-corrected chi connectivity index (χ2v) is 5.89. The highest BCUT2D eigenvalue weighted by atomic mass is 19.4. The van der Waals surface area contributed by atoms with Gasteiger partial charge in [-0.1, -0.05) is 17.7 Å². The minimum Gasteiger partial charge on any atom is -0.420 e. The molecule has 0 amide bonds. The minimum absolute atomic E-state index is 0.0764. The summed E-state index contributed by atoms with van der Waals surface area (Å²) in [5.74, 6) is -1.43. The third-order valence-corrected chi connectivity index (χ3v) is 3.99. The van der Waals surface area contributed by atoms with Gasteiger partial charge >= 0.3 is 12.1 Å². The molecule has 0 saturated carbocycles. The number of carbonyl (C=O) groups excluding carboxylic acids is 1. The smallest absolute Gasteiger partial charge is 0.420 e. The van der Waals surface area contributed by atoms with Crippen molar-refractivity contribution < 1.29 is 27.2 Å². The molecule has 0 unspecified atom stereocenters. The standard InChI is InChI=1S/C16H16F3N3O3/c1-10-2-4-11(5-3-10)13-20-21-14(24-13)12-6-8-22(9-7-12)25-15(23)16(17,18)19/h2-5,12H,6-9H2,1H3. The monoisotopic (exact) mass is 355 g/mol. The number of rotatable bonds is 3. The van der Waals surface area contributed by atoms with E-state index in [0.29, 0.717) is 24.6 Å². The zero-order valence-electron chi connectivity index (χ0n) is 13.4. The number of hydrogen-bond acceptors (Lipinski definition) is 6. The molecule has 1 saturated heterocycles. The molecule has 2 aromatic rings. The van der Waals surface area contributed by atoms with E-state index in [1.807, 2.05) is 31.2 Å². The Bertz CT molecular complexity index is 735. The highest BCUT2D eigenvalue weighted by molar-refractivity contribution is 5.75. The van der Waals surface area contributed by atoms with Crippen molar-refractivity contribution in [2.75, 3.05) is 13.1 Å². The Hall–Kier alpha value is -2.42. The van der Waals surface area contributed by atoms with E-state index in [9.17, 15) is 18.0 Å². The molecule has 0 bridgehead atoms. The molecule has 1 aromatic heterocycles. The number of alkyl halides is 3. The van der Waals surface area contributed by atoms with Gasteiger partial charge in [0.2, 0.25) is 11.8 Å². The first-order chi connectivity index (χ1) is 11.8. The van der Waals surface area contributed by atoms with Crippen LogP contribution in [-0.2, 0) is 9.63 Å². The average molecular weight is 355 g/mol. The van der Waals surface area contributed by atoms with Crippen LogP contribution in [0, 0.1) is 6.92 Å². The summed E-state index contributed by atoms with van der Waals surface area (Å²) in [6, 6.07) is 7.64. The normalized spacial score (nSPS) is 16.8. The maximum atomic E-state index is 12.2. The van der Waals surface area contributed by atoms with Gasteiger partial charge in [-0.2, -0.15) is 13.2 Å². The Morgan fingerprint density at radius 2 is 1.84 bits per heavy atom. The van der Waals surface area contributed by atoms with Crippen LogP contribution < -0.4 is 0 Å². The lowest BCUT2D eigenvalue weighted by atomic mass is 9.98. The Balaban J connectivity index is 1.58. The van der Waals surface area contributed by atoms with Gasteiger partial charge in [-0.3, -0.25) is 0 Å². The molecule has 2 heterocycles. The third kappa shape index (κ3) is 4.16. The molecule has 134 valence electrons. The maximum absolute atomic E-state index is 12.2. The van der Waals surface area contributed by atoms with Crippen LogP contribution >= 0.6 is 0 Å². The van der Waals surface area contributed by atoms with Crippen LogP contribution in [-0.4, -0.2) is 40.5 Å². The summed E-state index contributed by atoms with van der Waals surface area (Å²) in [5.41, 5.74) is 1.92. The van der Waals surface area contributed by atoms with Crippen molar-refractivity contribution in [1.29, 1.82) is 0 Å². The Morgan fingerprint density at radius 1 is 1.20 bits per heavy atom. The molecule has 0 spiro atoms. The lowest BCUT2D eigenvalue weighted by Crippen LogP contribution is -2.39. The molecule has 25 heavy (non-hydrogen) atoms. The average Bonchev–Trinajstić information content (AvgIpc) is 3.05. The molecule has 9 heteroatoms. The summed E-state index contributed by atoms with van der Waals surface area (Å²) in [7, 11) is 0. The van der Waals surface area contributed by atoms with E-state index in [2.05, 4.69) is 15.0 Å². The summed E-state index contributed by atoms with van der Waals surface area (Å²) >= 11 is 0. The molecule has 3 rings (SSSR count). The van der Waals surface area contributed by atoms with E-state index in [1.54, 1.807) is 0 Å². The predicted molar refractivity (Wildman–Crippen MR) is 80.2 cm³/mol. The van der Waals surface area contributed by atoms with E-state index in [-0.39, 0.29) is 19.0 Å². The molecule has 0 N–H and O–H groups in total. The first kappa shape index (κ1) is 17.4. The Labute approximate surface area is 141 Å². The third-order valence-electron chi connectivity index (χ3n) is 3.99. The van der Waals surface area contributed by atoms with E-state index < -0.39 is 12.1 Å². The molecule has 1 aliphatic rings. The number of hydrogen-bond donors (Lipinski definition) is 0. The van der Waals surface area contributed by atoms with Crippen LogP contribution in [0.1, 0.15) is 30.2 Å². The summed E-state index contributed by atoms with van der Waals surface area (Å²) in [4.78, 5) is 15.2. The number of nitrogens with zero attached hydrogens (tertiary/aromatic N) is 3. The van der Waals surface area contributed by atoms with E-state index in [0.717, 1.165) is 16.2 Å². The molecule has 0 radical (unpaired) electrons. The van der Waals surface area contributed by atoms with Crippen LogP contribution in [0.3, 0.4) is 0 Å². The molecule has 1 aliphatic heterocycles. The predicted octanol–water partition coefficient (Wildman–Crippen LogP) is 3.24. The maximum Gasteiger partial charge on any atom is 0.492 e. The molecule has 0 aliphatic carbocycles. The fourth-order valence-corrected chi connectivity index (χ4v) is 2.58. The number of aromatic nitrogens is 2. The highest BCUT2D eigenvalue weighted by Crippen LogP contribution is 2.30. The van der Waals surface area contributed by atoms with Crippen LogP contribution in [0.15, 0.2) is 28.7 Å². The highest BCUT2D eigenvalue weighted by Gasteiger charge is 2.43. The van der Waals surface area contributed by atoms with Gasteiger partial charge < -0.3 is 9.25 Å². The topological polar surface area (TPSA) is 68.5 Å². The van der Waals surface area contributed by atoms with Crippen molar-refractivity contribution >= 4 is 5.97 Å². The van der Waals surface area contributed by atoms with Gasteiger partial charge in [0.15, 0.2) is 0 Å². The number of benzene rings is 1. The van der Waals surface area contributed by atoms with Crippen LogP contribution in [0.4, 0.5) is 13.2 Å². The number of hydroxylamine groups is 2. The van der Waals surface area contributed by atoms with Crippen LogP contribution in [0.5, 0.6) is 0 Å². The molecular formula is C16H16F3N3O3. The van der Waals surface area contributed by atoms with Gasteiger partial charge in [0.25, 0.3) is 0 Å². The minimum atomic E-state index is -4.99. The largest absolute Gasteiger partial charge is 0.492 e. The van der Waals surface area contributed by atoms with Crippen molar-refractivity contribution in [3.05, 3.63) is 35.7 Å². The first-order valence-electron chi connectivity index (χ1n) is 7.77. The number of piperidine rings is 1. The van der Waals surface area contributed by atoms with Crippen LogP contribution in [0.2, 0.25) is 0 Å².